The van der Waals surface area contributed by atoms with Gasteiger partial charge in [-0.1, -0.05) is 0 Å². The second kappa shape index (κ2) is 3.22. The Morgan fingerprint density at radius 2 is 2.36 bits per heavy atom. The van der Waals surface area contributed by atoms with Crippen LogP contribution < -0.4 is 4.90 Å². The van der Waals surface area contributed by atoms with Crippen LogP contribution in [0.1, 0.15) is 0 Å². The second-order valence-electron chi connectivity index (χ2n) is 3.19. The van der Waals surface area contributed by atoms with Crippen molar-refractivity contribution < 1.29 is 10.0 Å². The molecule has 0 aliphatic carbocycles. The Kier molecular flexibility index (Phi) is 2.05. The maximum atomic E-state index is 10.5. The third-order valence-corrected chi connectivity index (χ3v) is 2.13. The molecule has 6 heteroatoms. The van der Waals surface area contributed by atoms with Crippen molar-refractivity contribution in [2.24, 2.45) is 0 Å². The Labute approximate surface area is 79.9 Å². The minimum atomic E-state index is -0.457. The standard InChI is InChI=1S/C8H9N3O3/c12-7-4-10(5-7)8-3-6(11(13)14)1-2-9-8/h1-3,7,12H,4-5H2. The summed E-state index contributed by atoms with van der Waals surface area (Å²) in [5.41, 5.74) is 0.0244. The molecule has 0 bridgehead atoms. The highest BCUT2D eigenvalue weighted by molar-refractivity contribution is 5.48. The molecule has 0 aromatic carbocycles. The number of aliphatic hydroxyl groups is 1. The summed E-state index contributed by atoms with van der Waals surface area (Å²) in [4.78, 5) is 15.8. The highest BCUT2D eigenvalue weighted by Gasteiger charge is 2.26. The van der Waals surface area contributed by atoms with Crippen LogP contribution in [0.2, 0.25) is 0 Å². The predicted molar refractivity (Wildman–Crippen MR) is 49.1 cm³/mol. The van der Waals surface area contributed by atoms with Crippen LogP contribution in [0.15, 0.2) is 18.3 Å². The van der Waals surface area contributed by atoms with Crippen molar-refractivity contribution in [3.05, 3.63) is 28.4 Å². The van der Waals surface area contributed by atoms with Crippen LogP contribution in [0.4, 0.5) is 11.5 Å². The molecular weight excluding hydrogens is 186 g/mol. The summed E-state index contributed by atoms with van der Waals surface area (Å²) in [5, 5.41) is 19.5. The fourth-order valence-corrected chi connectivity index (χ4v) is 1.34. The van der Waals surface area contributed by atoms with Gasteiger partial charge in [0.05, 0.1) is 17.1 Å². The molecule has 2 rings (SSSR count). The summed E-state index contributed by atoms with van der Waals surface area (Å²) in [6.07, 6.45) is 1.06. The maximum absolute atomic E-state index is 10.5. The smallest absolute Gasteiger partial charge is 0.274 e. The second-order valence-corrected chi connectivity index (χ2v) is 3.19. The average molecular weight is 195 g/mol. The first-order valence-electron chi connectivity index (χ1n) is 4.20. The van der Waals surface area contributed by atoms with Crippen molar-refractivity contribution in [3.8, 4) is 0 Å². The summed E-state index contributed by atoms with van der Waals surface area (Å²) in [5.74, 6) is 0.546. The highest BCUT2D eigenvalue weighted by Crippen LogP contribution is 2.22. The van der Waals surface area contributed by atoms with Gasteiger partial charge in [0.25, 0.3) is 5.69 Å². The monoisotopic (exact) mass is 195 g/mol. The average Bonchev–Trinajstić information content (AvgIpc) is 2.13. The fourth-order valence-electron chi connectivity index (χ4n) is 1.34. The quantitative estimate of drug-likeness (QED) is 0.537. The van der Waals surface area contributed by atoms with Crippen molar-refractivity contribution in [3.63, 3.8) is 0 Å². The van der Waals surface area contributed by atoms with E-state index in [1.165, 1.54) is 18.3 Å². The van der Waals surface area contributed by atoms with Crippen molar-refractivity contribution in [2.45, 2.75) is 6.10 Å². The molecule has 1 aliphatic rings. The zero-order valence-electron chi connectivity index (χ0n) is 7.33. The molecule has 0 atom stereocenters. The molecule has 74 valence electrons. The molecule has 1 aromatic rings. The number of anilines is 1. The van der Waals surface area contributed by atoms with E-state index in [2.05, 4.69) is 4.98 Å². The number of aromatic nitrogens is 1. The first kappa shape index (κ1) is 8.89. The fraction of sp³-hybridized carbons (Fsp3) is 0.375. The van der Waals surface area contributed by atoms with Gasteiger partial charge >= 0.3 is 0 Å². The molecule has 0 amide bonds. The van der Waals surface area contributed by atoms with Gasteiger partial charge in [-0.15, -0.1) is 0 Å². The van der Waals surface area contributed by atoms with E-state index >= 15 is 0 Å². The number of nitro groups is 1. The molecule has 0 saturated carbocycles. The summed E-state index contributed by atoms with van der Waals surface area (Å²) in [6, 6.07) is 2.76. The van der Waals surface area contributed by atoms with E-state index in [4.69, 9.17) is 5.11 Å². The zero-order valence-corrected chi connectivity index (χ0v) is 7.33. The summed E-state index contributed by atoms with van der Waals surface area (Å²) < 4.78 is 0. The molecule has 0 unspecified atom stereocenters. The van der Waals surface area contributed by atoms with Crippen LogP contribution >= 0.6 is 0 Å². The van der Waals surface area contributed by atoms with E-state index < -0.39 is 4.92 Å². The number of aliphatic hydroxyl groups excluding tert-OH is 1. The number of nitrogens with zero attached hydrogens (tertiary/aromatic N) is 3. The van der Waals surface area contributed by atoms with Crippen LogP contribution in [-0.4, -0.2) is 34.2 Å². The van der Waals surface area contributed by atoms with Crippen LogP contribution in [0.3, 0.4) is 0 Å². The Balaban J connectivity index is 2.18. The van der Waals surface area contributed by atoms with E-state index in [1.807, 2.05) is 0 Å². The normalized spacial score (nSPS) is 16.5. The van der Waals surface area contributed by atoms with Gasteiger partial charge in [-0.25, -0.2) is 4.98 Å². The molecule has 1 fully saturated rings. The molecule has 2 heterocycles. The third-order valence-electron chi connectivity index (χ3n) is 2.13. The van der Waals surface area contributed by atoms with E-state index in [0.717, 1.165) is 0 Å². The predicted octanol–water partition coefficient (Wildman–Crippen LogP) is 0.171. The number of β-amino-alcohol motifs (C(OH)–C–C–N with tert-alkyl or cyclic N) is 1. The van der Waals surface area contributed by atoms with Crippen molar-refractivity contribution in [1.29, 1.82) is 0 Å². The van der Waals surface area contributed by atoms with E-state index in [9.17, 15) is 10.1 Å². The lowest BCUT2D eigenvalue weighted by molar-refractivity contribution is -0.384. The summed E-state index contributed by atoms with van der Waals surface area (Å²) in [7, 11) is 0. The van der Waals surface area contributed by atoms with E-state index in [-0.39, 0.29) is 11.8 Å². The number of rotatable bonds is 2. The van der Waals surface area contributed by atoms with Crippen LogP contribution in [0.25, 0.3) is 0 Å². The van der Waals surface area contributed by atoms with Gasteiger partial charge in [-0.05, 0) is 0 Å². The van der Waals surface area contributed by atoms with Gasteiger partial charge in [-0.3, -0.25) is 10.1 Å². The lowest BCUT2D eigenvalue weighted by Crippen LogP contribution is -2.51. The van der Waals surface area contributed by atoms with Gasteiger partial charge in [0.2, 0.25) is 0 Å². The number of hydrogen-bond donors (Lipinski definition) is 1. The minimum absolute atomic E-state index is 0.0244. The number of pyridine rings is 1. The largest absolute Gasteiger partial charge is 0.389 e. The third kappa shape index (κ3) is 1.51. The van der Waals surface area contributed by atoms with Gasteiger partial charge < -0.3 is 10.0 Å². The van der Waals surface area contributed by atoms with Gasteiger partial charge in [0.15, 0.2) is 0 Å². The van der Waals surface area contributed by atoms with Gasteiger partial charge in [0.1, 0.15) is 5.82 Å². The molecule has 6 nitrogen and oxygen atoms in total. The molecule has 1 aromatic heterocycles. The zero-order chi connectivity index (χ0) is 10.1. The van der Waals surface area contributed by atoms with Crippen molar-refractivity contribution in [2.75, 3.05) is 18.0 Å². The SMILES string of the molecule is O=[N+]([O-])c1ccnc(N2CC(O)C2)c1. The molecule has 1 N–H and O–H groups in total. The first-order valence-corrected chi connectivity index (χ1v) is 4.20. The molecule has 14 heavy (non-hydrogen) atoms. The number of hydrogen-bond acceptors (Lipinski definition) is 5. The minimum Gasteiger partial charge on any atom is -0.389 e. The molecule has 0 radical (unpaired) electrons. The van der Waals surface area contributed by atoms with Crippen LogP contribution in [-0.2, 0) is 0 Å². The first-order chi connectivity index (χ1) is 6.66. The van der Waals surface area contributed by atoms with Crippen LogP contribution in [0.5, 0.6) is 0 Å². The van der Waals surface area contributed by atoms with Gasteiger partial charge in [0, 0.05) is 25.4 Å². The summed E-state index contributed by atoms with van der Waals surface area (Å²) in [6.45, 7) is 0.988. The lowest BCUT2D eigenvalue weighted by atomic mass is 10.2. The van der Waals surface area contributed by atoms with Crippen molar-refractivity contribution in [1.82, 2.24) is 4.98 Å². The van der Waals surface area contributed by atoms with Gasteiger partial charge in [-0.2, -0.15) is 0 Å². The Morgan fingerprint density at radius 3 is 2.93 bits per heavy atom. The van der Waals surface area contributed by atoms with E-state index in [0.29, 0.717) is 18.9 Å². The topological polar surface area (TPSA) is 79.5 Å². The van der Waals surface area contributed by atoms with Crippen molar-refractivity contribution >= 4 is 11.5 Å². The Bertz CT molecular complexity index is 363. The summed E-state index contributed by atoms with van der Waals surface area (Å²) >= 11 is 0. The molecule has 1 saturated heterocycles. The molecule has 0 spiro atoms. The maximum Gasteiger partial charge on any atom is 0.274 e. The highest BCUT2D eigenvalue weighted by atomic mass is 16.6. The lowest BCUT2D eigenvalue weighted by Gasteiger charge is -2.36. The molecular formula is C8H9N3O3. The molecule has 1 aliphatic heterocycles. The Hall–Kier alpha value is -1.69. The Morgan fingerprint density at radius 1 is 1.64 bits per heavy atom. The van der Waals surface area contributed by atoms with E-state index in [1.54, 1.807) is 4.90 Å². The van der Waals surface area contributed by atoms with Crippen LogP contribution in [0, 0.1) is 10.1 Å².